The smallest absolute Gasteiger partial charge is 0.167 e. The summed E-state index contributed by atoms with van der Waals surface area (Å²) in [5.41, 5.74) is 1.05. The highest BCUT2D eigenvalue weighted by atomic mass is 16.6. The van der Waals surface area contributed by atoms with Crippen LogP contribution in [0.2, 0.25) is 0 Å². The zero-order valence-corrected chi connectivity index (χ0v) is 13.3. The molecule has 3 heterocycles. The molecule has 0 radical (unpaired) electrons. The molecule has 1 aliphatic heterocycles. The molecule has 4 N–H and O–H groups in total. The van der Waals surface area contributed by atoms with E-state index in [2.05, 4.69) is 20.3 Å². The second kappa shape index (κ2) is 5.92. The Morgan fingerprint density at radius 2 is 2.00 bits per heavy atom. The quantitative estimate of drug-likeness (QED) is 0.607. The van der Waals surface area contributed by atoms with E-state index in [9.17, 15) is 15.3 Å². The second-order valence-electron chi connectivity index (χ2n) is 6.51. The standard InChI is InChI=1S/C15H21N5O4/c1-7-11(22)12(23)15(24-7)20-6-18-10-13(16-5-17-14(10)20)19-8-3-2-4-9(8)21/h5-9,11-12,15,21-23H,2-4H2,1H3,(H,16,17,19)/t7?,8?,9?,11-,12-,15-/m1/s1. The molecule has 9 heteroatoms. The van der Waals surface area contributed by atoms with Crippen molar-refractivity contribution in [2.75, 3.05) is 5.32 Å². The Morgan fingerprint density at radius 1 is 1.17 bits per heavy atom. The Bertz CT molecular complexity index is 738. The van der Waals surface area contributed by atoms with E-state index in [-0.39, 0.29) is 6.04 Å². The van der Waals surface area contributed by atoms with Crippen LogP contribution in [0.3, 0.4) is 0 Å². The molecule has 130 valence electrons. The highest BCUT2D eigenvalue weighted by Gasteiger charge is 2.42. The predicted molar refractivity (Wildman–Crippen MR) is 84.2 cm³/mol. The zero-order chi connectivity index (χ0) is 16.8. The number of aliphatic hydroxyl groups excluding tert-OH is 3. The van der Waals surface area contributed by atoms with E-state index in [1.807, 2.05) is 0 Å². The first-order valence-electron chi connectivity index (χ1n) is 8.20. The molecule has 24 heavy (non-hydrogen) atoms. The summed E-state index contributed by atoms with van der Waals surface area (Å²) in [6, 6.07) is -0.0524. The van der Waals surface area contributed by atoms with Crippen molar-refractivity contribution in [3.63, 3.8) is 0 Å². The van der Waals surface area contributed by atoms with E-state index < -0.39 is 30.6 Å². The van der Waals surface area contributed by atoms with Gasteiger partial charge in [-0.3, -0.25) is 4.57 Å². The van der Waals surface area contributed by atoms with Gasteiger partial charge in [0.15, 0.2) is 23.2 Å². The van der Waals surface area contributed by atoms with Gasteiger partial charge in [0.2, 0.25) is 0 Å². The molecule has 9 nitrogen and oxygen atoms in total. The number of fused-ring (bicyclic) bond motifs is 1. The third-order valence-electron chi connectivity index (χ3n) is 4.91. The minimum absolute atomic E-state index is 0.0524. The van der Waals surface area contributed by atoms with E-state index in [1.54, 1.807) is 11.5 Å². The molecule has 4 rings (SSSR count). The van der Waals surface area contributed by atoms with E-state index in [0.717, 1.165) is 19.3 Å². The summed E-state index contributed by atoms with van der Waals surface area (Å²) in [4.78, 5) is 12.8. The lowest BCUT2D eigenvalue weighted by atomic mass is 10.1. The topological polar surface area (TPSA) is 126 Å². The summed E-state index contributed by atoms with van der Waals surface area (Å²) < 4.78 is 7.23. The van der Waals surface area contributed by atoms with Crippen LogP contribution in [0.5, 0.6) is 0 Å². The Hall–Kier alpha value is -1.81. The molecule has 0 spiro atoms. The number of imidazole rings is 1. The maximum atomic E-state index is 10.2. The number of aliphatic hydroxyl groups is 3. The van der Waals surface area contributed by atoms with Gasteiger partial charge < -0.3 is 25.4 Å². The lowest BCUT2D eigenvalue weighted by Gasteiger charge is -2.18. The highest BCUT2D eigenvalue weighted by molar-refractivity contribution is 5.82. The van der Waals surface area contributed by atoms with Gasteiger partial charge in [0.05, 0.1) is 24.6 Å². The first kappa shape index (κ1) is 15.7. The van der Waals surface area contributed by atoms with Gasteiger partial charge in [-0.2, -0.15) is 0 Å². The predicted octanol–water partition coefficient (Wildman–Crippen LogP) is -0.209. The van der Waals surface area contributed by atoms with Crippen molar-refractivity contribution in [3.8, 4) is 0 Å². The van der Waals surface area contributed by atoms with Gasteiger partial charge in [0.1, 0.15) is 18.5 Å². The van der Waals surface area contributed by atoms with Crippen LogP contribution in [0.4, 0.5) is 5.82 Å². The van der Waals surface area contributed by atoms with E-state index in [0.29, 0.717) is 17.0 Å². The minimum Gasteiger partial charge on any atom is -0.391 e. The van der Waals surface area contributed by atoms with Gasteiger partial charge in [-0.25, -0.2) is 15.0 Å². The number of anilines is 1. The van der Waals surface area contributed by atoms with Gasteiger partial charge in [0, 0.05) is 0 Å². The molecule has 2 aliphatic rings. The van der Waals surface area contributed by atoms with Crippen molar-refractivity contribution >= 4 is 17.0 Å². The number of hydrogen-bond donors (Lipinski definition) is 4. The van der Waals surface area contributed by atoms with Crippen LogP contribution in [0.25, 0.3) is 11.2 Å². The first-order valence-corrected chi connectivity index (χ1v) is 8.20. The monoisotopic (exact) mass is 335 g/mol. The summed E-state index contributed by atoms with van der Waals surface area (Å²) in [6.45, 7) is 1.70. The second-order valence-corrected chi connectivity index (χ2v) is 6.51. The molecule has 2 fully saturated rings. The fourth-order valence-electron chi connectivity index (χ4n) is 3.49. The van der Waals surface area contributed by atoms with E-state index in [1.165, 1.54) is 12.7 Å². The number of nitrogens with zero attached hydrogens (tertiary/aromatic N) is 4. The molecule has 6 atom stereocenters. The Kier molecular flexibility index (Phi) is 3.87. The largest absolute Gasteiger partial charge is 0.391 e. The molecule has 1 aliphatic carbocycles. The third-order valence-corrected chi connectivity index (χ3v) is 4.91. The number of rotatable bonds is 3. The molecule has 0 bridgehead atoms. The lowest BCUT2D eigenvalue weighted by molar-refractivity contribution is -0.0299. The van der Waals surface area contributed by atoms with Crippen molar-refractivity contribution < 1.29 is 20.1 Å². The molecule has 0 aromatic carbocycles. The number of ether oxygens (including phenoxy) is 1. The molecule has 0 amide bonds. The van der Waals surface area contributed by atoms with Crippen molar-refractivity contribution in [2.24, 2.45) is 0 Å². The highest BCUT2D eigenvalue weighted by Crippen LogP contribution is 2.32. The molecule has 2 aromatic rings. The third kappa shape index (κ3) is 2.44. The number of aromatic nitrogens is 4. The average Bonchev–Trinajstić information content (AvgIpc) is 3.24. The summed E-state index contributed by atoms with van der Waals surface area (Å²) in [5.74, 6) is 0.547. The number of nitrogens with one attached hydrogen (secondary N) is 1. The molecular weight excluding hydrogens is 314 g/mol. The molecule has 1 saturated carbocycles. The van der Waals surface area contributed by atoms with Crippen LogP contribution in [0, 0.1) is 0 Å². The van der Waals surface area contributed by atoms with Crippen LogP contribution >= 0.6 is 0 Å². The Labute approximate surface area is 138 Å². The van der Waals surface area contributed by atoms with Gasteiger partial charge in [-0.15, -0.1) is 0 Å². The van der Waals surface area contributed by atoms with E-state index >= 15 is 0 Å². The van der Waals surface area contributed by atoms with Crippen LogP contribution in [0.1, 0.15) is 32.4 Å². The summed E-state index contributed by atoms with van der Waals surface area (Å²) in [7, 11) is 0. The fraction of sp³-hybridized carbons (Fsp3) is 0.667. The molecule has 1 saturated heterocycles. The van der Waals surface area contributed by atoms with Gasteiger partial charge in [-0.05, 0) is 26.2 Å². The lowest BCUT2D eigenvalue weighted by Crippen LogP contribution is -2.30. The summed E-state index contributed by atoms with van der Waals surface area (Å²) >= 11 is 0. The van der Waals surface area contributed by atoms with Crippen LogP contribution in [0.15, 0.2) is 12.7 Å². The van der Waals surface area contributed by atoms with Crippen LogP contribution in [-0.4, -0.2) is 65.3 Å². The Morgan fingerprint density at radius 3 is 2.67 bits per heavy atom. The van der Waals surface area contributed by atoms with Gasteiger partial charge >= 0.3 is 0 Å². The van der Waals surface area contributed by atoms with Crippen LogP contribution < -0.4 is 5.32 Å². The zero-order valence-electron chi connectivity index (χ0n) is 13.3. The molecule has 3 unspecified atom stereocenters. The normalized spacial score (nSPS) is 36.5. The molecule has 2 aromatic heterocycles. The minimum atomic E-state index is -1.06. The van der Waals surface area contributed by atoms with Crippen molar-refractivity contribution in [1.29, 1.82) is 0 Å². The van der Waals surface area contributed by atoms with Crippen molar-refractivity contribution in [2.45, 2.75) is 62.9 Å². The van der Waals surface area contributed by atoms with Gasteiger partial charge in [0.25, 0.3) is 0 Å². The maximum absolute atomic E-state index is 10.2. The fourth-order valence-corrected chi connectivity index (χ4v) is 3.49. The van der Waals surface area contributed by atoms with Crippen molar-refractivity contribution in [3.05, 3.63) is 12.7 Å². The Balaban J connectivity index is 1.67. The van der Waals surface area contributed by atoms with Crippen molar-refractivity contribution in [1.82, 2.24) is 19.5 Å². The maximum Gasteiger partial charge on any atom is 0.167 e. The first-order chi connectivity index (χ1) is 11.6. The summed E-state index contributed by atoms with van der Waals surface area (Å²) in [5, 5.41) is 33.3. The van der Waals surface area contributed by atoms with Gasteiger partial charge in [-0.1, -0.05) is 0 Å². The number of hydrogen-bond acceptors (Lipinski definition) is 8. The summed E-state index contributed by atoms with van der Waals surface area (Å²) in [6.07, 6.45) is 1.92. The average molecular weight is 335 g/mol. The van der Waals surface area contributed by atoms with Crippen LogP contribution in [-0.2, 0) is 4.74 Å². The van der Waals surface area contributed by atoms with E-state index in [4.69, 9.17) is 4.74 Å². The SMILES string of the molecule is CC1O[C@@H](n2cnc3c(NC4CCCC4O)ncnc32)[C@H](O)[C@@H]1O. The molecular formula is C15H21N5O4.